The molecule has 5 nitrogen and oxygen atoms in total. The second-order valence-corrected chi connectivity index (χ2v) is 5.09. The predicted octanol–water partition coefficient (Wildman–Crippen LogP) is 4.16. The van der Waals surface area contributed by atoms with Crippen molar-refractivity contribution in [2.24, 2.45) is 0 Å². The highest BCUT2D eigenvalue weighted by Gasteiger charge is 2.23. The van der Waals surface area contributed by atoms with E-state index in [2.05, 4.69) is 4.98 Å². The highest BCUT2D eigenvalue weighted by molar-refractivity contribution is 5.93. The van der Waals surface area contributed by atoms with Gasteiger partial charge in [-0.1, -0.05) is 37.3 Å². The molecule has 0 aliphatic heterocycles. The number of oxazole rings is 1. The maximum absolute atomic E-state index is 12.3. The van der Waals surface area contributed by atoms with Crippen molar-refractivity contribution in [3.8, 4) is 11.5 Å². The lowest BCUT2D eigenvalue weighted by atomic mass is 10.2. The lowest BCUT2D eigenvalue weighted by Crippen LogP contribution is -2.07. The van der Waals surface area contributed by atoms with Crippen molar-refractivity contribution in [1.29, 1.82) is 0 Å². The number of hydrogen-bond donors (Lipinski definition) is 0. The summed E-state index contributed by atoms with van der Waals surface area (Å²) in [6, 6.07) is 13.1. The molecule has 0 unspecified atom stereocenters. The Labute approximate surface area is 133 Å². The summed E-state index contributed by atoms with van der Waals surface area (Å²) in [5.74, 6) is 1.46. The number of rotatable bonds is 5. The molecule has 0 aliphatic rings. The first-order valence-electron chi connectivity index (χ1n) is 7.45. The normalized spacial score (nSPS) is 10.7. The van der Waals surface area contributed by atoms with E-state index in [9.17, 15) is 4.79 Å². The van der Waals surface area contributed by atoms with Crippen molar-refractivity contribution in [3.05, 3.63) is 65.4 Å². The molecule has 0 radical (unpaired) electrons. The second-order valence-electron chi connectivity index (χ2n) is 5.09. The van der Waals surface area contributed by atoms with E-state index in [1.165, 1.54) is 0 Å². The summed E-state index contributed by atoms with van der Waals surface area (Å²) < 4.78 is 16.5. The smallest absolute Gasteiger partial charge is 0.361 e. The lowest BCUT2D eigenvalue weighted by Gasteiger charge is -2.03. The van der Waals surface area contributed by atoms with Gasteiger partial charge in [-0.25, -0.2) is 9.78 Å². The van der Waals surface area contributed by atoms with Crippen LogP contribution in [0.3, 0.4) is 0 Å². The minimum absolute atomic E-state index is 0.135. The Hall–Kier alpha value is -2.82. The van der Waals surface area contributed by atoms with Crippen LogP contribution in [0, 0.1) is 6.92 Å². The predicted molar refractivity (Wildman–Crippen MR) is 83.9 cm³/mol. The molecule has 0 saturated heterocycles. The summed E-state index contributed by atoms with van der Waals surface area (Å²) in [5.41, 5.74) is 1.05. The maximum Gasteiger partial charge on any atom is 0.361 e. The van der Waals surface area contributed by atoms with Crippen molar-refractivity contribution in [1.82, 2.24) is 4.98 Å². The fourth-order valence-electron chi connectivity index (χ4n) is 2.21. The van der Waals surface area contributed by atoms with Gasteiger partial charge < -0.3 is 13.6 Å². The molecular formula is C18H17NO4. The number of benzene rings is 1. The molecule has 3 aromatic rings. The fourth-order valence-corrected chi connectivity index (χ4v) is 2.21. The molecule has 1 aromatic carbocycles. The first-order valence-corrected chi connectivity index (χ1v) is 7.45. The summed E-state index contributed by atoms with van der Waals surface area (Å²) in [6.45, 7) is 3.85. The van der Waals surface area contributed by atoms with Crippen LogP contribution < -0.4 is 0 Å². The van der Waals surface area contributed by atoms with E-state index < -0.39 is 5.97 Å². The minimum Gasteiger partial charge on any atom is -0.458 e. The van der Waals surface area contributed by atoms with E-state index in [0.29, 0.717) is 17.4 Å². The summed E-state index contributed by atoms with van der Waals surface area (Å²) >= 11 is 0. The molecule has 23 heavy (non-hydrogen) atoms. The van der Waals surface area contributed by atoms with E-state index in [1.807, 2.05) is 43.3 Å². The maximum atomic E-state index is 12.3. The molecular weight excluding hydrogens is 294 g/mol. The standard InChI is InChI=1S/C18H17NO4/c1-3-14-9-10-15(23-14)17-16(19-12(2)22-17)18(20)21-11-13-7-5-4-6-8-13/h4-10H,3,11H2,1-2H3. The molecule has 0 amide bonds. The Morgan fingerprint density at radius 1 is 1.13 bits per heavy atom. The molecule has 0 saturated carbocycles. The number of carbonyl (C=O) groups excluding carboxylic acids is 1. The van der Waals surface area contributed by atoms with Crippen LogP contribution in [0.1, 0.15) is 34.6 Å². The monoisotopic (exact) mass is 311 g/mol. The average molecular weight is 311 g/mol. The second kappa shape index (κ2) is 6.52. The zero-order chi connectivity index (χ0) is 16.2. The van der Waals surface area contributed by atoms with Crippen molar-refractivity contribution >= 4 is 5.97 Å². The molecule has 0 atom stereocenters. The Morgan fingerprint density at radius 3 is 2.61 bits per heavy atom. The molecule has 2 aromatic heterocycles. The number of carbonyl (C=O) groups is 1. The number of aryl methyl sites for hydroxylation is 2. The SMILES string of the molecule is CCc1ccc(-c2oc(C)nc2C(=O)OCc2ccccc2)o1. The van der Waals surface area contributed by atoms with E-state index in [-0.39, 0.29) is 12.3 Å². The van der Waals surface area contributed by atoms with E-state index >= 15 is 0 Å². The Kier molecular flexibility index (Phi) is 4.28. The number of nitrogens with zero attached hydrogens (tertiary/aromatic N) is 1. The van der Waals surface area contributed by atoms with Crippen molar-refractivity contribution in [2.75, 3.05) is 0 Å². The third kappa shape index (κ3) is 3.34. The first-order chi connectivity index (χ1) is 11.2. The van der Waals surface area contributed by atoms with E-state index in [0.717, 1.165) is 17.7 Å². The van der Waals surface area contributed by atoms with Crippen LogP contribution in [-0.2, 0) is 17.8 Å². The van der Waals surface area contributed by atoms with Gasteiger partial charge in [-0.3, -0.25) is 0 Å². The van der Waals surface area contributed by atoms with Gasteiger partial charge in [-0.2, -0.15) is 0 Å². The van der Waals surface area contributed by atoms with Gasteiger partial charge in [0.05, 0.1) is 0 Å². The molecule has 2 heterocycles. The molecule has 0 fully saturated rings. The van der Waals surface area contributed by atoms with Crippen LogP contribution in [0.5, 0.6) is 0 Å². The van der Waals surface area contributed by atoms with Gasteiger partial charge in [-0.15, -0.1) is 0 Å². The van der Waals surface area contributed by atoms with Crippen LogP contribution in [-0.4, -0.2) is 11.0 Å². The van der Waals surface area contributed by atoms with Crippen molar-refractivity contribution in [2.45, 2.75) is 26.9 Å². The van der Waals surface area contributed by atoms with Gasteiger partial charge in [0.1, 0.15) is 12.4 Å². The lowest BCUT2D eigenvalue weighted by molar-refractivity contribution is 0.0466. The number of furan rings is 1. The third-order valence-corrected chi connectivity index (χ3v) is 3.37. The van der Waals surface area contributed by atoms with Crippen LogP contribution in [0.2, 0.25) is 0 Å². The summed E-state index contributed by atoms with van der Waals surface area (Å²) in [5, 5.41) is 0. The Bertz CT molecular complexity index is 802. The van der Waals surface area contributed by atoms with Gasteiger partial charge in [0.15, 0.2) is 17.3 Å². The average Bonchev–Trinajstić information content (AvgIpc) is 3.19. The zero-order valence-electron chi connectivity index (χ0n) is 13.0. The highest BCUT2D eigenvalue weighted by Crippen LogP contribution is 2.27. The van der Waals surface area contributed by atoms with Crippen LogP contribution in [0.25, 0.3) is 11.5 Å². The summed E-state index contributed by atoms with van der Waals surface area (Å²) in [7, 11) is 0. The van der Waals surface area contributed by atoms with Crippen LogP contribution in [0.4, 0.5) is 0 Å². The zero-order valence-corrected chi connectivity index (χ0v) is 13.0. The van der Waals surface area contributed by atoms with E-state index in [1.54, 1.807) is 13.0 Å². The van der Waals surface area contributed by atoms with Crippen LogP contribution in [0.15, 0.2) is 51.3 Å². The Balaban J connectivity index is 1.80. The van der Waals surface area contributed by atoms with Gasteiger partial charge in [-0.05, 0) is 17.7 Å². The number of ether oxygens (including phenoxy) is 1. The summed E-state index contributed by atoms with van der Waals surface area (Å²) in [4.78, 5) is 16.4. The van der Waals surface area contributed by atoms with Crippen LogP contribution >= 0.6 is 0 Å². The van der Waals surface area contributed by atoms with Gasteiger partial charge in [0.2, 0.25) is 5.76 Å². The van der Waals surface area contributed by atoms with Crippen molar-refractivity contribution < 1.29 is 18.4 Å². The minimum atomic E-state index is -0.532. The Morgan fingerprint density at radius 2 is 1.91 bits per heavy atom. The number of aromatic nitrogens is 1. The third-order valence-electron chi connectivity index (χ3n) is 3.37. The van der Waals surface area contributed by atoms with Crippen molar-refractivity contribution in [3.63, 3.8) is 0 Å². The summed E-state index contributed by atoms with van der Waals surface area (Å²) in [6.07, 6.45) is 0.765. The first kappa shape index (κ1) is 15.1. The highest BCUT2D eigenvalue weighted by atomic mass is 16.5. The molecule has 5 heteroatoms. The van der Waals surface area contributed by atoms with E-state index in [4.69, 9.17) is 13.6 Å². The molecule has 0 aliphatic carbocycles. The largest absolute Gasteiger partial charge is 0.458 e. The quantitative estimate of drug-likeness (QED) is 0.662. The van der Waals surface area contributed by atoms with Gasteiger partial charge in [0, 0.05) is 13.3 Å². The molecule has 0 spiro atoms. The molecule has 0 bridgehead atoms. The molecule has 3 rings (SSSR count). The number of hydrogen-bond acceptors (Lipinski definition) is 5. The molecule has 118 valence electrons. The molecule has 0 N–H and O–H groups in total. The van der Waals surface area contributed by atoms with Gasteiger partial charge >= 0.3 is 5.97 Å². The fraction of sp³-hybridized carbons (Fsp3) is 0.222. The topological polar surface area (TPSA) is 65.5 Å². The van der Waals surface area contributed by atoms with Gasteiger partial charge in [0.25, 0.3) is 0 Å². The number of esters is 1.